The summed E-state index contributed by atoms with van der Waals surface area (Å²) in [6.07, 6.45) is 3.21. The summed E-state index contributed by atoms with van der Waals surface area (Å²) in [4.78, 5) is 8.05. The van der Waals surface area contributed by atoms with E-state index in [1.807, 2.05) is 6.92 Å². The quantitative estimate of drug-likeness (QED) is 0.796. The Morgan fingerprint density at radius 3 is 3.13 bits per heavy atom. The molecule has 5 heteroatoms. The lowest BCUT2D eigenvalue weighted by atomic mass is 10.2. The van der Waals surface area contributed by atoms with E-state index in [-0.39, 0.29) is 6.10 Å². The van der Waals surface area contributed by atoms with Gasteiger partial charge in [0, 0.05) is 6.42 Å². The Bertz CT molecular complexity index is 337. The molecular formula is C10H15N3O2. The van der Waals surface area contributed by atoms with Gasteiger partial charge in [0.25, 0.3) is 0 Å². The Hall–Kier alpha value is -1.36. The van der Waals surface area contributed by atoms with Crippen LogP contribution in [0.15, 0.2) is 6.33 Å². The minimum atomic E-state index is 0.101. The van der Waals surface area contributed by atoms with E-state index in [4.69, 9.17) is 15.2 Å². The highest BCUT2D eigenvalue weighted by molar-refractivity contribution is 5.44. The first-order valence-corrected chi connectivity index (χ1v) is 5.15. The largest absolute Gasteiger partial charge is 0.471 e. The number of aromatic nitrogens is 2. The summed E-state index contributed by atoms with van der Waals surface area (Å²) in [5.41, 5.74) is 6.62. The summed E-state index contributed by atoms with van der Waals surface area (Å²) in [5, 5.41) is 0. The van der Waals surface area contributed by atoms with E-state index in [0.29, 0.717) is 18.3 Å². The third-order valence-corrected chi connectivity index (χ3v) is 2.46. The number of anilines is 1. The topological polar surface area (TPSA) is 70.3 Å². The summed E-state index contributed by atoms with van der Waals surface area (Å²) in [6, 6.07) is 0. The van der Waals surface area contributed by atoms with Gasteiger partial charge in [-0.1, -0.05) is 6.92 Å². The highest BCUT2D eigenvalue weighted by Gasteiger charge is 2.19. The first kappa shape index (κ1) is 10.2. The Kier molecular flexibility index (Phi) is 3.01. The zero-order valence-electron chi connectivity index (χ0n) is 8.77. The molecule has 0 radical (unpaired) electrons. The van der Waals surface area contributed by atoms with Crippen molar-refractivity contribution >= 4 is 5.82 Å². The fourth-order valence-corrected chi connectivity index (χ4v) is 1.61. The van der Waals surface area contributed by atoms with E-state index < -0.39 is 0 Å². The van der Waals surface area contributed by atoms with Crippen molar-refractivity contribution in [3.63, 3.8) is 0 Å². The Labute approximate surface area is 88.6 Å². The van der Waals surface area contributed by atoms with Gasteiger partial charge in [-0.2, -0.15) is 0 Å². The van der Waals surface area contributed by atoms with Gasteiger partial charge in [-0.05, 0) is 6.42 Å². The molecule has 1 fully saturated rings. The molecule has 2 rings (SSSR count). The molecule has 2 N–H and O–H groups in total. The van der Waals surface area contributed by atoms with E-state index in [1.165, 1.54) is 6.33 Å². The molecular weight excluding hydrogens is 194 g/mol. The average molecular weight is 209 g/mol. The monoisotopic (exact) mass is 209 g/mol. The molecule has 0 amide bonds. The van der Waals surface area contributed by atoms with E-state index in [1.54, 1.807) is 0 Å². The standard InChI is InChI=1S/C10H15N3O2/c1-2-8-9(11)12-6-13-10(8)15-7-3-4-14-5-7/h6-7H,2-5H2,1H3,(H2,11,12,13). The van der Waals surface area contributed by atoms with Crippen molar-refractivity contribution in [2.24, 2.45) is 0 Å². The summed E-state index contributed by atoms with van der Waals surface area (Å²) >= 11 is 0. The molecule has 5 nitrogen and oxygen atoms in total. The van der Waals surface area contributed by atoms with E-state index >= 15 is 0 Å². The second-order valence-electron chi connectivity index (χ2n) is 3.50. The summed E-state index contributed by atoms with van der Waals surface area (Å²) in [5.74, 6) is 1.10. The van der Waals surface area contributed by atoms with Crippen LogP contribution in [-0.4, -0.2) is 29.3 Å². The first-order valence-electron chi connectivity index (χ1n) is 5.15. The molecule has 0 aromatic carbocycles. The maximum atomic E-state index is 5.74. The number of nitrogens with zero attached hydrogens (tertiary/aromatic N) is 2. The zero-order chi connectivity index (χ0) is 10.7. The molecule has 1 aliphatic rings. The van der Waals surface area contributed by atoms with Gasteiger partial charge in [0.05, 0.1) is 18.8 Å². The van der Waals surface area contributed by atoms with E-state index in [2.05, 4.69) is 9.97 Å². The van der Waals surface area contributed by atoms with E-state index in [9.17, 15) is 0 Å². The third kappa shape index (κ3) is 2.18. The van der Waals surface area contributed by atoms with Crippen molar-refractivity contribution in [1.29, 1.82) is 0 Å². The SMILES string of the molecule is CCc1c(N)ncnc1OC1CCOC1. The molecule has 1 aliphatic heterocycles. The van der Waals surface area contributed by atoms with Gasteiger partial charge in [-0.15, -0.1) is 0 Å². The van der Waals surface area contributed by atoms with Crippen LogP contribution >= 0.6 is 0 Å². The van der Waals surface area contributed by atoms with Crippen molar-refractivity contribution in [3.05, 3.63) is 11.9 Å². The van der Waals surface area contributed by atoms with Crippen molar-refractivity contribution in [3.8, 4) is 5.88 Å². The minimum Gasteiger partial charge on any atom is -0.471 e. The number of hydrogen-bond acceptors (Lipinski definition) is 5. The maximum Gasteiger partial charge on any atom is 0.222 e. The van der Waals surface area contributed by atoms with Crippen molar-refractivity contribution in [2.75, 3.05) is 18.9 Å². The molecule has 0 saturated carbocycles. The number of nitrogen functional groups attached to an aromatic ring is 1. The van der Waals surface area contributed by atoms with Gasteiger partial charge in [0.1, 0.15) is 18.2 Å². The predicted molar refractivity (Wildman–Crippen MR) is 55.7 cm³/mol. The lowest BCUT2D eigenvalue weighted by molar-refractivity contribution is 0.137. The zero-order valence-corrected chi connectivity index (χ0v) is 8.77. The highest BCUT2D eigenvalue weighted by Crippen LogP contribution is 2.22. The van der Waals surface area contributed by atoms with Crippen LogP contribution < -0.4 is 10.5 Å². The maximum absolute atomic E-state index is 5.74. The number of hydrogen-bond donors (Lipinski definition) is 1. The van der Waals surface area contributed by atoms with Crippen LogP contribution in [0.3, 0.4) is 0 Å². The number of ether oxygens (including phenoxy) is 2. The second kappa shape index (κ2) is 4.44. The molecule has 0 bridgehead atoms. The molecule has 0 spiro atoms. The van der Waals surface area contributed by atoms with Gasteiger partial charge >= 0.3 is 0 Å². The van der Waals surface area contributed by atoms with Gasteiger partial charge < -0.3 is 15.2 Å². The molecule has 1 aromatic heterocycles. The second-order valence-corrected chi connectivity index (χ2v) is 3.50. The molecule has 1 aromatic rings. The summed E-state index contributed by atoms with van der Waals surface area (Å²) in [6.45, 7) is 3.40. The van der Waals surface area contributed by atoms with Crippen molar-refractivity contribution in [2.45, 2.75) is 25.9 Å². The highest BCUT2D eigenvalue weighted by atomic mass is 16.5. The van der Waals surface area contributed by atoms with Crippen LogP contribution in [0.1, 0.15) is 18.9 Å². The summed E-state index contributed by atoms with van der Waals surface area (Å²) < 4.78 is 11.0. The van der Waals surface area contributed by atoms with Crippen molar-refractivity contribution in [1.82, 2.24) is 9.97 Å². The minimum absolute atomic E-state index is 0.101. The van der Waals surface area contributed by atoms with Crippen LogP contribution in [0.5, 0.6) is 5.88 Å². The van der Waals surface area contributed by atoms with Gasteiger partial charge in [0.15, 0.2) is 0 Å². The first-order chi connectivity index (χ1) is 7.31. The van der Waals surface area contributed by atoms with Crippen LogP contribution in [0.25, 0.3) is 0 Å². The van der Waals surface area contributed by atoms with Gasteiger partial charge in [-0.25, -0.2) is 9.97 Å². The van der Waals surface area contributed by atoms with E-state index in [0.717, 1.165) is 25.0 Å². The number of nitrogens with two attached hydrogens (primary N) is 1. The van der Waals surface area contributed by atoms with Crippen LogP contribution in [0.4, 0.5) is 5.82 Å². The fraction of sp³-hybridized carbons (Fsp3) is 0.600. The Morgan fingerprint density at radius 2 is 2.47 bits per heavy atom. The van der Waals surface area contributed by atoms with Crippen LogP contribution in [0.2, 0.25) is 0 Å². The number of rotatable bonds is 3. The normalized spacial score (nSPS) is 20.5. The molecule has 1 unspecified atom stereocenters. The smallest absolute Gasteiger partial charge is 0.222 e. The molecule has 82 valence electrons. The average Bonchev–Trinajstić information content (AvgIpc) is 2.71. The van der Waals surface area contributed by atoms with Crippen molar-refractivity contribution < 1.29 is 9.47 Å². The van der Waals surface area contributed by atoms with Crippen LogP contribution in [0, 0.1) is 0 Å². The van der Waals surface area contributed by atoms with Gasteiger partial charge in [0.2, 0.25) is 5.88 Å². The third-order valence-electron chi connectivity index (χ3n) is 2.46. The molecule has 1 saturated heterocycles. The lowest BCUT2D eigenvalue weighted by Gasteiger charge is -2.14. The Balaban J connectivity index is 2.15. The Morgan fingerprint density at radius 1 is 1.60 bits per heavy atom. The molecule has 0 aliphatic carbocycles. The molecule has 1 atom stereocenters. The van der Waals surface area contributed by atoms with Crippen LogP contribution in [-0.2, 0) is 11.2 Å². The fourth-order valence-electron chi connectivity index (χ4n) is 1.61. The van der Waals surface area contributed by atoms with Gasteiger partial charge in [-0.3, -0.25) is 0 Å². The molecule has 15 heavy (non-hydrogen) atoms. The predicted octanol–water partition coefficient (Wildman–Crippen LogP) is 0.789. The lowest BCUT2D eigenvalue weighted by Crippen LogP contribution is -2.18. The molecule has 2 heterocycles. The summed E-state index contributed by atoms with van der Waals surface area (Å²) in [7, 11) is 0.